The molecule has 0 bridgehead atoms. The number of fused-ring (bicyclic) bond motifs is 1. The van der Waals surface area contributed by atoms with Gasteiger partial charge in [-0.1, -0.05) is 38.0 Å². The van der Waals surface area contributed by atoms with Gasteiger partial charge in [-0.2, -0.15) is 0 Å². The maximum Gasteiger partial charge on any atom is 0.0401 e. The van der Waals surface area contributed by atoms with Crippen LogP contribution < -0.4 is 4.90 Å². The highest BCUT2D eigenvalue weighted by Crippen LogP contribution is 2.30. The zero-order valence-corrected chi connectivity index (χ0v) is 9.87. The summed E-state index contributed by atoms with van der Waals surface area (Å²) < 4.78 is 0. The molecule has 1 heterocycles. The Morgan fingerprint density at radius 1 is 1.33 bits per heavy atom. The predicted octanol–water partition coefficient (Wildman–Crippen LogP) is 3.63. The first-order valence-electron chi connectivity index (χ1n) is 6.17. The van der Waals surface area contributed by atoms with E-state index in [1.807, 2.05) is 0 Å². The number of hydrogen-bond acceptors (Lipinski definition) is 1. The van der Waals surface area contributed by atoms with E-state index in [0.717, 1.165) is 0 Å². The molecule has 15 heavy (non-hydrogen) atoms. The summed E-state index contributed by atoms with van der Waals surface area (Å²) in [5, 5.41) is 0. The first-order chi connectivity index (χ1) is 7.33. The standard InChI is InChI=1S/C14H21N/c1-3-4-7-12(2)15-11-10-13-8-5-6-9-14(13)15/h5-6,8-9,12H,3-4,7,10-11H2,1-2H3. The third-order valence-electron chi connectivity index (χ3n) is 3.43. The van der Waals surface area contributed by atoms with E-state index in [2.05, 4.69) is 43.0 Å². The average molecular weight is 203 g/mol. The van der Waals surface area contributed by atoms with Gasteiger partial charge in [0.25, 0.3) is 0 Å². The van der Waals surface area contributed by atoms with Crippen LogP contribution in [-0.4, -0.2) is 12.6 Å². The van der Waals surface area contributed by atoms with Gasteiger partial charge in [-0.3, -0.25) is 0 Å². The second kappa shape index (κ2) is 4.69. The molecular formula is C14H21N. The third-order valence-corrected chi connectivity index (χ3v) is 3.43. The summed E-state index contributed by atoms with van der Waals surface area (Å²) in [7, 11) is 0. The number of para-hydroxylation sites is 1. The van der Waals surface area contributed by atoms with Gasteiger partial charge in [-0.25, -0.2) is 0 Å². The van der Waals surface area contributed by atoms with Gasteiger partial charge in [-0.05, 0) is 31.4 Å². The zero-order chi connectivity index (χ0) is 10.7. The second-order valence-corrected chi connectivity index (χ2v) is 4.56. The molecule has 1 aliphatic rings. The van der Waals surface area contributed by atoms with Crippen LogP contribution in [0, 0.1) is 0 Å². The molecule has 0 amide bonds. The number of hydrogen-bond donors (Lipinski definition) is 0. The zero-order valence-electron chi connectivity index (χ0n) is 9.87. The van der Waals surface area contributed by atoms with E-state index >= 15 is 0 Å². The molecular weight excluding hydrogens is 182 g/mol. The maximum absolute atomic E-state index is 2.57. The summed E-state index contributed by atoms with van der Waals surface area (Å²) in [5.74, 6) is 0. The Bertz CT molecular complexity index is 319. The molecule has 0 fully saturated rings. The lowest BCUT2D eigenvalue weighted by molar-refractivity contribution is 0.571. The summed E-state index contributed by atoms with van der Waals surface area (Å²) >= 11 is 0. The van der Waals surface area contributed by atoms with Gasteiger partial charge < -0.3 is 4.90 Å². The van der Waals surface area contributed by atoms with Crippen LogP contribution in [0.25, 0.3) is 0 Å². The quantitative estimate of drug-likeness (QED) is 0.722. The average Bonchev–Trinajstić information content (AvgIpc) is 2.69. The van der Waals surface area contributed by atoms with Crippen molar-refractivity contribution in [3.05, 3.63) is 29.8 Å². The molecule has 1 aromatic carbocycles. The van der Waals surface area contributed by atoms with Gasteiger partial charge in [0.15, 0.2) is 0 Å². The molecule has 1 aromatic rings. The maximum atomic E-state index is 2.57. The first-order valence-corrected chi connectivity index (χ1v) is 6.17. The molecule has 0 N–H and O–H groups in total. The predicted molar refractivity (Wildman–Crippen MR) is 66.5 cm³/mol. The van der Waals surface area contributed by atoms with Crippen molar-refractivity contribution in [1.82, 2.24) is 0 Å². The highest BCUT2D eigenvalue weighted by Gasteiger charge is 2.21. The molecule has 1 nitrogen and oxygen atoms in total. The number of rotatable bonds is 4. The Balaban J connectivity index is 2.06. The Labute approximate surface area is 93.1 Å². The Kier molecular flexibility index (Phi) is 3.30. The van der Waals surface area contributed by atoms with Gasteiger partial charge in [0.05, 0.1) is 0 Å². The summed E-state index contributed by atoms with van der Waals surface area (Å²) in [5.41, 5.74) is 3.00. The fourth-order valence-electron chi connectivity index (χ4n) is 2.48. The Hall–Kier alpha value is -0.980. The molecule has 0 saturated heterocycles. The van der Waals surface area contributed by atoms with Gasteiger partial charge in [-0.15, -0.1) is 0 Å². The van der Waals surface area contributed by atoms with Crippen molar-refractivity contribution in [2.45, 2.75) is 45.6 Å². The summed E-state index contributed by atoms with van der Waals surface area (Å²) in [6.07, 6.45) is 5.21. The molecule has 1 aliphatic heterocycles. The fraction of sp³-hybridized carbons (Fsp3) is 0.571. The number of anilines is 1. The van der Waals surface area contributed by atoms with E-state index in [9.17, 15) is 0 Å². The largest absolute Gasteiger partial charge is 0.368 e. The summed E-state index contributed by atoms with van der Waals surface area (Å²) in [4.78, 5) is 2.57. The van der Waals surface area contributed by atoms with Crippen molar-refractivity contribution in [3.63, 3.8) is 0 Å². The van der Waals surface area contributed by atoms with Gasteiger partial charge in [0.1, 0.15) is 0 Å². The van der Waals surface area contributed by atoms with Crippen molar-refractivity contribution < 1.29 is 0 Å². The van der Waals surface area contributed by atoms with Crippen molar-refractivity contribution in [3.8, 4) is 0 Å². The molecule has 2 rings (SSSR count). The number of unbranched alkanes of at least 4 members (excludes halogenated alkanes) is 1. The van der Waals surface area contributed by atoms with Crippen LogP contribution in [0.15, 0.2) is 24.3 Å². The highest BCUT2D eigenvalue weighted by atomic mass is 15.2. The van der Waals surface area contributed by atoms with E-state index in [1.165, 1.54) is 43.5 Å². The van der Waals surface area contributed by atoms with Gasteiger partial charge >= 0.3 is 0 Å². The minimum atomic E-state index is 0.702. The smallest absolute Gasteiger partial charge is 0.0401 e. The van der Waals surface area contributed by atoms with Crippen molar-refractivity contribution >= 4 is 5.69 Å². The summed E-state index contributed by atoms with van der Waals surface area (Å²) in [6, 6.07) is 9.55. The van der Waals surface area contributed by atoms with Gasteiger partial charge in [0, 0.05) is 18.3 Å². The Morgan fingerprint density at radius 2 is 2.13 bits per heavy atom. The van der Waals surface area contributed by atoms with E-state index in [-0.39, 0.29) is 0 Å². The molecule has 1 unspecified atom stereocenters. The minimum Gasteiger partial charge on any atom is -0.368 e. The Morgan fingerprint density at radius 3 is 2.93 bits per heavy atom. The van der Waals surface area contributed by atoms with Crippen molar-refractivity contribution in [2.24, 2.45) is 0 Å². The monoisotopic (exact) mass is 203 g/mol. The van der Waals surface area contributed by atoms with Crippen molar-refractivity contribution in [1.29, 1.82) is 0 Å². The fourth-order valence-corrected chi connectivity index (χ4v) is 2.48. The lowest BCUT2D eigenvalue weighted by Gasteiger charge is -2.27. The third kappa shape index (κ3) is 2.17. The second-order valence-electron chi connectivity index (χ2n) is 4.56. The first kappa shape index (κ1) is 10.5. The van der Waals surface area contributed by atoms with Gasteiger partial charge in [0.2, 0.25) is 0 Å². The van der Waals surface area contributed by atoms with Crippen LogP contribution in [0.3, 0.4) is 0 Å². The summed E-state index contributed by atoms with van der Waals surface area (Å²) in [6.45, 7) is 5.84. The van der Waals surface area contributed by atoms with E-state index in [0.29, 0.717) is 6.04 Å². The minimum absolute atomic E-state index is 0.702. The van der Waals surface area contributed by atoms with Crippen LogP contribution in [-0.2, 0) is 6.42 Å². The molecule has 1 heteroatoms. The van der Waals surface area contributed by atoms with E-state index in [1.54, 1.807) is 0 Å². The topological polar surface area (TPSA) is 3.24 Å². The van der Waals surface area contributed by atoms with Crippen LogP contribution in [0.4, 0.5) is 5.69 Å². The van der Waals surface area contributed by atoms with Crippen LogP contribution in [0.5, 0.6) is 0 Å². The molecule has 0 aromatic heterocycles. The molecule has 0 spiro atoms. The van der Waals surface area contributed by atoms with E-state index in [4.69, 9.17) is 0 Å². The van der Waals surface area contributed by atoms with Crippen LogP contribution >= 0.6 is 0 Å². The van der Waals surface area contributed by atoms with E-state index < -0.39 is 0 Å². The highest BCUT2D eigenvalue weighted by molar-refractivity contribution is 5.58. The normalized spacial score (nSPS) is 16.5. The molecule has 0 saturated carbocycles. The number of nitrogens with zero attached hydrogens (tertiary/aromatic N) is 1. The molecule has 82 valence electrons. The van der Waals surface area contributed by atoms with Crippen LogP contribution in [0.1, 0.15) is 38.7 Å². The lowest BCUT2D eigenvalue weighted by atomic mass is 10.1. The number of benzene rings is 1. The molecule has 0 aliphatic carbocycles. The molecule has 1 atom stereocenters. The van der Waals surface area contributed by atoms with Crippen LogP contribution in [0.2, 0.25) is 0 Å². The van der Waals surface area contributed by atoms with Crippen molar-refractivity contribution in [2.75, 3.05) is 11.4 Å². The molecule has 0 radical (unpaired) electrons. The lowest BCUT2D eigenvalue weighted by Crippen LogP contribution is -2.31. The SMILES string of the molecule is CCCCC(C)N1CCc2ccccc21.